The molecule has 1 fully saturated rings. The molecule has 1 aliphatic carbocycles. The van der Waals surface area contributed by atoms with E-state index in [1.807, 2.05) is 12.1 Å². The molecular weight excluding hydrogens is 205 g/mol. The van der Waals surface area contributed by atoms with E-state index in [1.54, 1.807) is 0 Å². The van der Waals surface area contributed by atoms with E-state index in [0.717, 1.165) is 5.56 Å². The van der Waals surface area contributed by atoms with Gasteiger partial charge >= 0.3 is 0 Å². The molecule has 88 valence electrons. The van der Waals surface area contributed by atoms with Gasteiger partial charge in [0.1, 0.15) is 5.82 Å². The number of aliphatic hydroxyl groups excluding tert-OH is 1. The second-order valence-corrected chi connectivity index (χ2v) is 4.42. The summed E-state index contributed by atoms with van der Waals surface area (Å²) in [7, 11) is 0. The van der Waals surface area contributed by atoms with E-state index in [9.17, 15) is 4.39 Å². The fourth-order valence-electron chi connectivity index (χ4n) is 2.15. The number of nitrogens with zero attached hydrogens (tertiary/aromatic N) is 1. The van der Waals surface area contributed by atoms with Crippen molar-refractivity contribution in [1.82, 2.24) is 4.90 Å². The Kier molecular flexibility index (Phi) is 3.56. The number of rotatable bonds is 5. The molecule has 1 aromatic carbocycles. The Bertz CT molecular complexity index is 334. The van der Waals surface area contributed by atoms with E-state index in [-0.39, 0.29) is 18.5 Å². The van der Waals surface area contributed by atoms with Crippen molar-refractivity contribution < 1.29 is 9.50 Å². The summed E-state index contributed by atoms with van der Waals surface area (Å²) in [6.45, 7) is 2.99. The molecule has 3 heteroatoms. The Hall–Kier alpha value is -0.930. The van der Waals surface area contributed by atoms with Crippen molar-refractivity contribution >= 4 is 0 Å². The lowest BCUT2D eigenvalue weighted by Crippen LogP contribution is -2.31. The van der Waals surface area contributed by atoms with Gasteiger partial charge in [-0.2, -0.15) is 0 Å². The van der Waals surface area contributed by atoms with Crippen LogP contribution in [-0.2, 0) is 0 Å². The molecule has 0 spiro atoms. The van der Waals surface area contributed by atoms with Crippen molar-refractivity contribution in [3.63, 3.8) is 0 Å². The van der Waals surface area contributed by atoms with Crippen molar-refractivity contribution in [1.29, 1.82) is 0 Å². The van der Waals surface area contributed by atoms with E-state index in [1.165, 1.54) is 25.0 Å². The minimum Gasteiger partial charge on any atom is -0.395 e. The van der Waals surface area contributed by atoms with E-state index in [4.69, 9.17) is 5.11 Å². The second-order valence-electron chi connectivity index (χ2n) is 4.42. The molecule has 0 heterocycles. The van der Waals surface area contributed by atoms with Gasteiger partial charge in [0.2, 0.25) is 0 Å². The average molecular weight is 223 g/mol. The lowest BCUT2D eigenvalue weighted by atomic mass is 10.1. The summed E-state index contributed by atoms with van der Waals surface area (Å²) in [5.74, 6) is -0.198. The molecule has 0 radical (unpaired) electrons. The molecule has 1 saturated carbocycles. The van der Waals surface area contributed by atoms with Crippen LogP contribution in [0, 0.1) is 5.82 Å². The number of hydrogen-bond donors (Lipinski definition) is 1. The first-order valence-electron chi connectivity index (χ1n) is 5.84. The molecule has 1 N–H and O–H groups in total. The lowest BCUT2D eigenvalue weighted by molar-refractivity contribution is 0.150. The fourth-order valence-corrected chi connectivity index (χ4v) is 2.15. The number of hydrogen-bond acceptors (Lipinski definition) is 2. The maximum absolute atomic E-state index is 12.8. The van der Waals surface area contributed by atoms with Crippen molar-refractivity contribution in [3.8, 4) is 0 Å². The van der Waals surface area contributed by atoms with Gasteiger partial charge in [-0.3, -0.25) is 4.90 Å². The minimum absolute atomic E-state index is 0.183. The van der Waals surface area contributed by atoms with Crippen molar-refractivity contribution in [3.05, 3.63) is 35.6 Å². The SMILES string of the molecule is C[C@@H](c1ccc(F)cc1)N(CCO)C1CC1. The molecule has 0 aromatic heterocycles. The predicted molar refractivity (Wildman–Crippen MR) is 61.6 cm³/mol. The topological polar surface area (TPSA) is 23.5 Å². The van der Waals surface area contributed by atoms with Crippen molar-refractivity contribution in [2.75, 3.05) is 13.2 Å². The van der Waals surface area contributed by atoms with Crippen LogP contribution < -0.4 is 0 Å². The van der Waals surface area contributed by atoms with E-state index >= 15 is 0 Å². The molecule has 1 aliphatic rings. The van der Waals surface area contributed by atoms with Gasteiger partial charge in [-0.15, -0.1) is 0 Å². The summed E-state index contributed by atoms with van der Waals surface area (Å²) in [5.41, 5.74) is 1.11. The molecule has 0 aliphatic heterocycles. The van der Waals surface area contributed by atoms with Crippen LogP contribution in [0.2, 0.25) is 0 Å². The maximum atomic E-state index is 12.8. The van der Waals surface area contributed by atoms with Gasteiger partial charge in [0, 0.05) is 18.6 Å². The summed E-state index contributed by atoms with van der Waals surface area (Å²) in [4.78, 5) is 2.30. The molecule has 1 aromatic rings. The van der Waals surface area contributed by atoms with Gasteiger partial charge in [0.25, 0.3) is 0 Å². The molecule has 1 atom stereocenters. The lowest BCUT2D eigenvalue weighted by Gasteiger charge is -2.28. The van der Waals surface area contributed by atoms with Crippen molar-refractivity contribution in [2.45, 2.75) is 31.8 Å². The van der Waals surface area contributed by atoms with Crippen LogP contribution in [0.25, 0.3) is 0 Å². The third kappa shape index (κ3) is 2.60. The zero-order valence-electron chi connectivity index (χ0n) is 9.56. The quantitative estimate of drug-likeness (QED) is 0.828. The molecule has 2 nitrogen and oxygen atoms in total. The van der Waals surface area contributed by atoms with Gasteiger partial charge < -0.3 is 5.11 Å². The molecular formula is C13H18FNO. The summed E-state index contributed by atoms with van der Waals surface area (Å²) < 4.78 is 12.8. The number of aliphatic hydroxyl groups is 1. The minimum atomic E-state index is -0.198. The molecule has 16 heavy (non-hydrogen) atoms. The van der Waals surface area contributed by atoms with Crippen LogP contribution in [0.15, 0.2) is 24.3 Å². The highest BCUT2D eigenvalue weighted by Crippen LogP contribution is 2.33. The van der Waals surface area contributed by atoms with E-state index in [2.05, 4.69) is 11.8 Å². The zero-order valence-corrected chi connectivity index (χ0v) is 9.56. The van der Waals surface area contributed by atoms with Gasteiger partial charge in [-0.05, 0) is 37.5 Å². The first-order valence-corrected chi connectivity index (χ1v) is 5.84. The molecule has 0 unspecified atom stereocenters. The Balaban J connectivity index is 2.08. The Morgan fingerprint density at radius 2 is 2.00 bits per heavy atom. The van der Waals surface area contributed by atoms with Gasteiger partial charge in [0.05, 0.1) is 6.61 Å². The number of benzene rings is 1. The second kappa shape index (κ2) is 4.93. The van der Waals surface area contributed by atoms with Gasteiger partial charge in [0.15, 0.2) is 0 Å². The standard InChI is InChI=1S/C13H18FNO/c1-10(11-2-4-12(14)5-3-11)15(8-9-16)13-6-7-13/h2-5,10,13,16H,6-9H2,1H3/t10-/m0/s1. The average Bonchev–Trinajstić information content (AvgIpc) is 3.10. The summed E-state index contributed by atoms with van der Waals surface area (Å²) in [5, 5.41) is 9.05. The van der Waals surface area contributed by atoms with Crippen molar-refractivity contribution in [2.24, 2.45) is 0 Å². The number of halogens is 1. The van der Waals surface area contributed by atoms with Gasteiger partial charge in [-0.25, -0.2) is 4.39 Å². The monoisotopic (exact) mass is 223 g/mol. The molecule has 2 rings (SSSR count). The van der Waals surface area contributed by atoms with Gasteiger partial charge in [-0.1, -0.05) is 12.1 Å². The highest BCUT2D eigenvalue weighted by molar-refractivity contribution is 5.20. The first kappa shape index (κ1) is 11.6. The van der Waals surface area contributed by atoms with Crippen LogP contribution in [0.3, 0.4) is 0 Å². The van der Waals surface area contributed by atoms with Crippen LogP contribution >= 0.6 is 0 Å². The third-order valence-electron chi connectivity index (χ3n) is 3.22. The van der Waals surface area contributed by atoms with Crippen LogP contribution in [0.1, 0.15) is 31.4 Å². The zero-order chi connectivity index (χ0) is 11.5. The summed E-state index contributed by atoms with van der Waals surface area (Å²) in [6.07, 6.45) is 2.43. The first-order chi connectivity index (χ1) is 7.72. The molecule has 0 amide bonds. The molecule has 0 bridgehead atoms. The van der Waals surface area contributed by atoms with Crippen LogP contribution in [0.4, 0.5) is 4.39 Å². The fraction of sp³-hybridized carbons (Fsp3) is 0.538. The highest BCUT2D eigenvalue weighted by atomic mass is 19.1. The third-order valence-corrected chi connectivity index (χ3v) is 3.22. The predicted octanol–water partition coefficient (Wildman–Crippen LogP) is 2.34. The maximum Gasteiger partial charge on any atom is 0.123 e. The van der Waals surface area contributed by atoms with E-state index in [0.29, 0.717) is 12.6 Å². The summed E-state index contributed by atoms with van der Waals surface area (Å²) in [6, 6.07) is 7.50. The highest BCUT2D eigenvalue weighted by Gasteiger charge is 2.32. The smallest absolute Gasteiger partial charge is 0.123 e. The summed E-state index contributed by atoms with van der Waals surface area (Å²) >= 11 is 0. The Morgan fingerprint density at radius 3 is 2.50 bits per heavy atom. The van der Waals surface area contributed by atoms with Crippen LogP contribution in [-0.4, -0.2) is 29.2 Å². The normalized spacial score (nSPS) is 17.8. The Morgan fingerprint density at radius 1 is 1.38 bits per heavy atom. The Labute approximate surface area is 95.7 Å². The molecule has 0 saturated heterocycles. The van der Waals surface area contributed by atoms with E-state index < -0.39 is 0 Å². The van der Waals surface area contributed by atoms with Crippen LogP contribution in [0.5, 0.6) is 0 Å². The largest absolute Gasteiger partial charge is 0.395 e.